The second-order valence-electron chi connectivity index (χ2n) is 11.6. The lowest BCUT2D eigenvalue weighted by atomic mass is 9.42. The number of carbonyl (C=O) groups is 1. The molecule has 4 rings (SSSR count). The second-order valence-corrected chi connectivity index (χ2v) is 11.6. The number of nitrogens with zero attached hydrogens (tertiary/aromatic N) is 1. The molecule has 0 amide bonds. The summed E-state index contributed by atoms with van der Waals surface area (Å²) in [5.74, 6) is 3.35. The number of hydrogen-bond donors (Lipinski definition) is 1. The van der Waals surface area contributed by atoms with Gasteiger partial charge in [-0.15, -0.1) is 6.58 Å². The lowest BCUT2D eigenvalue weighted by Gasteiger charge is -2.65. The van der Waals surface area contributed by atoms with Gasteiger partial charge in [-0.1, -0.05) is 19.9 Å². The number of ketones is 1. The van der Waals surface area contributed by atoms with Crippen LogP contribution in [0.15, 0.2) is 12.7 Å². The number of aliphatic hydroxyl groups is 1. The third kappa shape index (κ3) is 2.79. The van der Waals surface area contributed by atoms with Gasteiger partial charge in [-0.25, -0.2) is 0 Å². The fourth-order valence-electron chi connectivity index (χ4n) is 8.76. The summed E-state index contributed by atoms with van der Waals surface area (Å²) in [4.78, 5) is 15.0. The Morgan fingerprint density at radius 3 is 2.39 bits per heavy atom. The number of fused-ring (bicyclic) bond motifs is 5. The molecule has 3 nitrogen and oxygen atoms in total. The van der Waals surface area contributed by atoms with Crippen molar-refractivity contribution in [3.8, 4) is 0 Å². The van der Waals surface area contributed by atoms with E-state index in [-0.39, 0.29) is 11.3 Å². The first-order valence-electron chi connectivity index (χ1n) is 11.6. The van der Waals surface area contributed by atoms with Gasteiger partial charge in [-0.2, -0.15) is 0 Å². The van der Waals surface area contributed by atoms with Crippen LogP contribution in [0.25, 0.3) is 0 Å². The van der Waals surface area contributed by atoms with Crippen LogP contribution in [0.4, 0.5) is 0 Å². The van der Waals surface area contributed by atoms with Crippen molar-refractivity contribution in [3.05, 3.63) is 12.7 Å². The minimum Gasteiger partial charge on any atom is -0.386 e. The van der Waals surface area contributed by atoms with E-state index < -0.39 is 5.60 Å². The van der Waals surface area contributed by atoms with Crippen LogP contribution in [0.1, 0.15) is 72.1 Å². The zero-order valence-electron chi connectivity index (χ0n) is 18.7. The monoisotopic (exact) mass is 387 g/mol. The first-order valence-corrected chi connectivity index (χ1v) is 11.6. The van der Waals surface area contributed by atoms with E-state index in [0.717, 1.165) is 38.0 Å². The first kappa shape index (κ1) is 20.6. The van der Waals surface area contributed by atoms with Gasteiger partial charge in [0.05, 0.1) is 5.60 Å². The van der Waals surface area contributed by atoms with Gasteiger partial charge in [-0.05, 0) is 107 Å². The molecular formula is C25H41NO2. The average Bonchev–Trinajstić information content (AvgIpc) is 2.99. The van der Waals surface area contributed by atoms with Crippen LogP contribution in [-0.4, -0.2) is 41.5 Å². The Balaban J connectivity index is 1.72. The SMILES string of the molecule is C=C[C@@]1(O)CC[C@@]2(C)[C@H](CC[C@@H]3[C@@H]2[C@H](N(C)C)C[C@]2(C)[C@@H](C(C)=O)CC[C@@H]32)C1. The third-order valence-corrected chi connectivity index (χ3v) is 10.2. The lowest BCUT2D eigenvalue weighted by Crippen LogP contribution is -2.63. The second kappa shape index (κ2) is 6.67. The highest BCUT2D eigenvalue weighted by atomic mass is 16.3. The van der Waals surface area contributed by atoms with Gasteiger partial charge in [0.2, 0.25) is 0 Å². The summed E-state index contributed by atoms with van der Waals surface area (Å²) >= 11 is 0. The molecule has 4 saturated carbocycles. The van der Waals surface area contributed by atoms with Crippen LogP contribution in [-0.2, 0) is 4.79 Å². The van der Waals surface area contributed by atoms with E-state index in [1.54, 1.807) is 6.08 Å². The van der Waals surface area contributed by atoms with E-state index in [2.05, 4.69) is 39.4 Å². The van der Waals surface area contributed by atoms with Crippen molar-refractivity contribution in [2.45, 2.75) is 83.8 Å². The minimum absolute atomic E-state index is 0.168. The molecule has 4 aliphatic rings. The van der Waals surface area contributed by atoms with Crippen molar-refractivity contribution in [2.24, 2.45) is 40.4 Å². The number of Topliss-reactive ketones (excluding diaryl/α,β-unsaturated/α-hetero) is 1. The molecule has 0 heterocycles. The molecule has 0 aromatic heterocycles. The van der Waals surface area contributed by atoms with Crippen LogP contribution >= 0.6 is 0 Å². The van der Waals surface area contributed by atoms with Crippen LogP contribution in [0.5, 0.6) is 0 Å². The molecule has 0 aromatic carbocycles. The molecule has 9 atom stereocenters. The number of rotatable bonds is 3. The van der Waals surface area contributed by atoms with Crippen molar-refractivity contribution in [3.63, 3.8) is 0 Å². The Morgan fingerprint density at radius 2 is 1.79 bits per heavy atom. The number of carbonyl (C=O) groups excluding carboxylic acids is 1. The first-order chi connectivity index (χ1) is 13.1. The molecule has 28 heavy (non-hydrogen) atoms. The summed E-state index contributed by atoms with van der Waals surface area (Å²) in [7, 11) is 4.50. The van der Waals surface area contributed by atoms with E-state index >= 15 is 0 Å². The maximum atomic E-state index is 12.5. The predicted molar refractivity (Wildman–Crippen MR) is 114 cm³/mol. The predicted octanol–water partition coefficient (Wildman–Crippen LogP) is 4.69. The zero-order chi connectivity index (χ0) is 20.5. The minimum atomic E-state index is -0.666. The molecule has 0 spiro atoms. The molecule has 0 aliphatic heterocycles. The standard InChI is InChI=1S/C25H41NO2/c1-7-25(28)13-12-23(3)17(14-25)8-9-18-20-11-10-19(16(2)27)24(20,4)15-21(22(18)23)26(5)6/h7,17-22,28H,1,8-15H2,2-6H3/t17-,18+,19-,20+,21-,22-,23+,24-,25-/m1/s1. The topological polar surface area (TPSA) is 40.5 Å². The molecule has 0 bridgehead atoms. The van der Waals surface area contributed by atoms with Crippen LogP contribution in [0.3, 0.4) is 0 Å². The average molecular weight is 388 g/mol. The Kier molecular flexibility index (Phi) is 4.91. The summed E-state index contributed by atoms with van der Waals surface area (Å²) in [6.45, 7) is 10.7. The Labute approximate surface area is 172 Å². The van der Waals surface area contributed by atoms with Crippen LogP contribution < -0.4 is 0 Å². The quantitative estimate of drug-likeness (QED) is 0.714. The van der Waals surface area contributed by atoms with Crippen LogP contribution in [0, 0.1) is 40.4 Å². The lowest BCUT2D eigenvalue weighted by molar-refractivity contribution is -0.167. The molecule has 0 aromatic rings. The molecule has 4 aliphatic carbocycles. The van der Waals surface area contributed by atoms with Crippen molar-refractivity contribution >= 4 is 5.78 Å². The van der Waals surface area contributed by atoms with E-state index in [0.29, 0.717) is 35.0 Å². The Bertz CT molecular complexity index is 659. The normalized spacial score (nSPS) is 53.2. The van der Waals surface area contributed by atoms with Gasteiger partial charge in [0.25, 0.3) is 0 Å². The third-order valence-electron chi connectivity index (χ3n) is 10.2. The van der Waals surface area contributed by atoms with Gasteiger partial charge >= 0.3 is 0 Å². The van der Waals surface area contributed by atoms with E-state index in [1.165, 1.54) is 19.3 Å². The highest BCUT2D eigenvalue weighted by Crippen LogP contribution is 2.68. The van der Waals surface area contributed by atoms with Crippen molar-refractivity contribution in [1.29, 1.82) is 0 Å². The van der Waals surface area contributed by atoms with Gasteiger partial charge < -0.3 is 10.0 Å². The summed E-state index contributed by atoms with van der Waals surface area (Å²) in [6.07, 6.45) is 10.6. The summed E-state index contributed by atoms with van der Waals surface area (Å²) in [6, 6.07) is 0.536. The molecule has 3 heteroatoms. The molecule has 1 N–H and O–H groups in total. The summed E-state index contributed by atoms with van der Waals surface area (Å²) < 4.78 is 0. The maximum absolute atomic E-state index is 12.5. The van der Waals surface area contributed by atoms with Crippen molar-refractivity contribution < 1.29 is 9.90 Å². The fourth-order valence-corrected chi connectivity index (χ4v) is 8.76. The molecule has 158 valence electrons. The van der Waals surface area contributed by atoms with Crippen LogP contribution in [0.2, 0.25) is 0 Å². The Hall–Kier alpha value is -0.670. The molecule has 0 saturated heterocycles. The highest BCUT2D eigenvalue weighted by Gasteiger charge is 2.64. The zero-order valence-corrected chi connectivity index (χ0v) is 18.7. The number of hydrogen-bond acceptors (Lipinski definition) is 3. The van der Waals surface area contributed by atoms with Gasteiger partial charge in [0, 0.05) is 12.0 Å². The van der Waals surface area contributed by atoms with E-state index in [9.17, 15) is 9.90 Å². The highest BCUT2D eigenvalue weighted by molar-refractivity contribution is 5.79. The summed E-state index contributed by atoms with van der Waals surface area (Å²) in [5.41, 5.74) is -0.203. The largest absolute Gasteiger partial charge is 0.386 e. The molecule has 0 unspecified atom stereocenters. The van der Waals surface area contributed by atoms with Gasteiger partial charge in [0.15, 0.2) is 0 Å². The van der Waals surface area contributed by atoms with Crippen molar-refractivity contribution in [1.82, 2.24) is 4.90 Å². The van der Waals surface area contributed by atoms with Crippen molar-refractivity contribution in [2.75, 3.05) is 14.1 Å². The fraction of sp³-hybridized carbons (Fsp3) is 0.880. The molecule has 4 fully saturated rings. The van der Waals surface area contributed by atoms with Gasteiger partial charge in [-0.3, -0.25) is 4.79 Å². The van der Waals surface area contributed by atoms with Gasteiger partial charge in [0.1, 0.15) is 5.78 Å². The summed E-state index contributed by atoms with van der Waals surface area (Å²) in [5, 5.41) is 10.9. The Morgan fingerprint density at radius 1 is 1.07 bits per heavy atom. The smallest absolute Gasteiger partial charge is 0.133 e. The maximum Gasteiger partial charge on any atom is 0.133 e. The molecular weight excluding hydrogens is 346 g/mol. The molecule has 0 radical (unpaired) electrons. The van der Waals surface area contributed by atoms with E-state index in [4.69, 9.17) is 0 Å². The van der Waals surface area contributed by atoms with E-state index in [1.807, 2.05) is 6.92 Å².